The largest absolute Gasteiger partial charge is 0.322 e. The normalized spacial score (nSPS) is 9.68. The number of carbonyl (C=O) groups excluding carboxylic acids is 3. The fourth-order valence-corrected chi connectivity index (χ4v) is 1.61. The molecule has 94 valence electrons. The Balaban J connectivity index is 2.18. The van der Waals surface area contributed by atoms with Crippen molar-refractivity contribution in [2.24, 2.45) is 0 Å². The van der Waals surface area contributed by atoms with Crippen molar-refractivity contribution in [3.8, 4) is 0 Å². The van der Waals surface area contributed by atoms with E-state index in [0.29, 0.717) is 11.3 Å². The Morgan fingerprint density at radius 2 is 1.58 bits per heavy atom. The molecule has 0 atom stereocenters. The topological polar surface area (TPSA) is 63.2 Å². The van der Waals surface area contributed by atoms with E-state index in [2.05, 4.69) is 5.32 Å². The first-order valence-corrected chi connectivity index (χ1v) is 5.66. The molecule has 2 aromatic carbocycles. The van der Waals surface area contributed by atoms with Crippen LogP contribution in [-0.2, 0) is 4.79 Å². The van der Waals surface area contributed by atoms with Crippen LogP contribution in [0.15, 0.2) is 54.6 Å². The number of aldehydes is 1. The zero-order valence-corrected chi connectivity index (χ0v) is 10.00. The van der Waals surface area contributed by atoms with Crippen molar-refractivity contribution in [2.45, 2.75) is 0 Å². The summed E-state index contributed by atoms with van der Waals surface area (Å²) in [5.41, 5.74) is 1.25. The molecule has 4 nitrogen and oxygen atoms in total. The Morgan fingerprint density at radius 1 is 0.895 bits per heavy atom. The molecule has 0 aliphatic heterocycles. The molecule has 0 heterocycles. The summed E-state index contributed by atoms with van der Waals surface area (Å²) in [6.45, 7) is 0. The highest BCUT2D eigenvalue weighted by Crippen LogP contribution is 2.12. The van der Waals surface area contributed by atoms with E-state index in [9.17, 15) is 14.4 Å². The van der Waals surface area contributed by atoms with Crippen LogP contribution in [0.3, 0.4) is 0 Å². The number of hydrogen-bond acceptors (Lipinski definition) is 3. The minimum Gasteiger partial charge on any atom is -0.322 e. The van der Waals surface area contributed by atoms with Crippen LogP contribution in [0.2, 0.25) is 0 Å². The second kappa shape index (κ2) is 5.73. The SMILES string of the molecule is O=CC(=O)c1cccc(NC(=O)c2ccccc2)c1. The summed E-state index contributed by atoms with van der Waals surface area (Å²) < 4.78 is 0. The standard InChI is InChI=1S/C15H11NO3/c17-10-14(18)12-7-4-8-13(9-12)16-15(19)11-5-2-1-3-6-11/h1-10H,(H,16,19). The number of Topliss-reactive ketones (excluding diaryl/α,β-unsaturated/α-hetero) is 1. The number of nitrogens with one attached hydrogen (secondary N) is 1. The summed E-state index contributed by atoms with van der Waals surface area (Å²) in [6.07, 6.45) is 0.248. The van der Waals surface area contributed by atoms with Gasteiger partial charge in [-0.05, 0) is 24.3 Å². The highest BCUT2D eigenvalue weighted by Gasteiger charge is 2.08. The van der Waals surface area contributed by atoms with E-state index in [0.717, 1.165) is 0 Å². The third-order valence-corrected chi connectivity index (χ3v) is 2.55. The maximum absolute atomic E-state index is 11.9. The summed E-state index contributed by atoms with van der Waals surface area (Å²) in [5, 5.41) is 2.67. The number of amides is 1. The number of hydrogen-bond donors (Lipinski definition) is 1. The van der Waals surface area contributed by atoms with Gasteiger partial charge in [0.15, 0.2) is 6.29 Å². The lowest BCUT2D eigenvalue weighted by Gasteiger charge is -2.06. The smallest absolute Gasteiger partial charge is 0.255 e. The second-order valence-electron chi connectivity index (χ2n) is 3.88. The van der Waals surface area contributed by atoms with Gasteiger partial charge in [-0.25, -0.2) is 0 Å². The van der Waals surface area contributed by atoms with Gasteiger partial charge in [-0.3, -0.25) is 14.4 Å². The van der Waals surface area contributed by atoms with Crippen molar-refractivity contribution in [1.82, 2.24) is 0 Å². The Morgan fingerprint density at radius 3 is 2.26 bits per heavy atom. The molecule has 0 fully saturated rings. The first-order valence-electron chi connectivity index (χ1n) is 5.66. The van der Waals surface area contributed by atoms with Crippen molar-refractivity contribution in [2.75, 3.05) is 5.32 Å². The zero-order valence-electron chi connectivity index (χ0n) is 10.00. The van der Waals surface area contributed by atoms with Crippen LogP contribution in [0.5, 0.6) is 0 Å². The predicted octanol–water partition coefficient (Wildman–Crippen LogP) is 2.32. The van der Waals surface area contributed by atoms with E-state index in [1.54, 1.807) is 36.4 Å². The molecule has 0 radical (unpaired) electrons. The van der Waals surface area contributed by atoms with Gasteiger partial charge in [0.2, 0.25) is 5.78 Å². The van der Waals surface area contributed by atoms with Crippen LogP contribution in [0.25, 0.3) is 0 Å². The zero-order chi connectivity index (χ0) is 13.7. The summed E-state index contributed by atoms with van der Waals surface area (Å²) in [7, 11) is 0. The van der Waals surface area contributed by atoms with Crippen LogP contribution >= 0.6 is 0 Å². The maximum Gasteiger partial charge on any atom is 0.255 e. The first kappa shape index (κ1) is 12.7. The van der Waals surface area contributed by atoms with Crippen molar-refractivity contribution in [3.05, 3.63) is 65.7 Å². The molecule has 0 unspecified atom stereocenters. The molecular formula is C15H11NO3. The Labute approximate surface area is 110 Å². The van der Waals surface area contributed by atoms with E-state index in [1.165, 1.54) is 12.1 Å². The highest BCUT2D eigenvalue weighted by atomic mass is 16.2. The van der Waals surface area contributed by atoms with E-state index in [-0.39, 0.29) is 17.8 Å². The van der Waals surface area contributed by atoms with Gasteiger partial charge in [-0.2, -0.15) is 0 Å². The molecule has 2 rings (SSSR count). The molecule has 0 aliphatic rings. The van der Waals surface area contributed by atoms with Crippen LogP contribution < -0.4 is 5.32 Å². The highest BCUT2D eigenvalue weighted by molar-refractivity contribution is 6.33. The van der Waals surface area contributed by atoms with Gasteiger partial charge in [-0.15, -0.1) is 0 Å². The predicted molar refractivity (Wildman–Crippen MR) is 71.2 cm³/mol. The summed E-state index contributed by atoms with van der Waals surface area (Å²) in [5.74, 6) is -0.882. The van der Waals surface area contributed by atoms with Crippen molar-refractivity contribution in [1.29, 1.82) is 0 Å². The van der Waals surface area contributed by atoms with E-state index < -0.39 is 5.78 Å². The van der Waals surface area contributed by atoms with Crippen LogP contribution in [0, 0.1) is 0 Å². The van der Waals surface area contributed by atoms with Gasteiger partial charge in [0.1, 0.15) is 0 Å². The van der Waals surface area contributed by atoms with Crippen molar-refractivity contribution < 1.29 is 14.4 Å². The monoisotopic (exact) mass is 253 g/mol. The van der Waals surface area contributed by atoms with Crippen molar-refractivity contribution >= 4 is 23.7 Å². The number of ketones is 1. The molecule has 2 aromatic rings. The van der Waals surface area contributed by atoms with Gasteiger partial charge < -0.3 is 5.32 Å². The van der Waals surface area contributed by atoms with Gasteiger partial charge >= 0.3 is 0 Å². The number of benzene rings is 2. The lowest BCUT2D eigenvalue weighted by molar-refractivity contribution is -0.104. The summed E-state index contributed by atoms with van der Waals surface area (Å²) in [6, 6.07) is 15.0. The number of rotatable bonds is 4. The Kier molecular flexibility index (Phi) is 3.83. The lowest BCUT2D eigenvalue weighted by atomic mass is 10.1. The van der Waals surface area contributed by atoms with Gasteiger partial charge in [0.25, 0.3) is 5.91 Å². The van der Waals surface area contributed by atoms with Crippen LogP contribution in [0.4, 0.5) is 5.69 Å². The molecule has 19 heavy (non-hydrogen) atoms. The lowest BCUT2D eigenvalue weighted by Crippen LogP contribution is -2.12. The van der Waals surface area contributed by atoms with Crippen LogP contribution in [-0.4, -0.2) is 18.0 Å². The fraction of sp³-hybridized carbons (Fsp3) is 0. The summed E-state index contributed by atoms with van der Waals surface area (Å²) >= 11 is 0. The minimum absolute atomic E-state index is 0.248. The van der Waals surface area contributed by atoms with Gasteiger partial charge in [0.05, 0.1) is 0 Å². The quantitative estimate of drug-likeness (QED) is 0.516. The molecule has 0 spiro atoms. The molecule has 0 aliphatic carbocycles. The minimum atomic E-state index is -0.615. The number of carbonyl (C=O) groups is 3. The average Bonchev–Trinajstić information content (AvgIpc) is 2.47. The summed E-state index contributed by atoms with van der Waals surface area (Å²) in [4.78, 5) is 33.6. The molecule has 1 N–H and O–H groups in total. The number of anilines is 1. The average molecular weight is 253 g/mol. The molecular weight excluding hydrogens is 242 g/mol. The van der Waals surface area contributed by atoms with Gasteiger partial charge in [0, 0.05) is 16.8 Å². The second-order valence-corrected chi connectivity index (χ2v) is 3.88. The van der Waals surface area contributed by atoms with Gasteiger partial charge in [-0.1, -0.05) is 30.3 Å². The third kappa shape index (κ3) is 3.13. The third-order valence-electron chi connectivity index (χ3n) is 2.55. The van der Waals surface area contributed by atoms with Crippen molar-refractivity contribution in [3.63, 3.8) is 0 Å². The molecule has 0 aromatic heterocycles. The Hall–Kier alpha value is -2.75. The van der Waals surface area contributed by atoms with E-state index in [1.807, 2.05) is 6.07 Å². The molecule has 0 saturated heterocycles. The first-order chi connectivity index (χ1) is 9.20. The molecule has 4 heteroatoms. The van der Waals surface area contributed by atoms with E-state index >= 15 is 0 Å². The fourth-order valence-electron chi connectivity index (χ4n) is 1.61. The maximum atomic E-state index is 11.9. The molecule has 1 amide bonds. The molecule has 0 bridgehead atoms. The Bertz CT molecular complexity index is 620. The van der Waals surface area contributed by atoms with E-state index in [4.69, 9.17) is 0 Å². The van der Waals surface area contributed by atoms with Crippen LogP contribution in [0.1, 0.15) is 20.7 Å². The molecule has 0 saturated carbocycles.